The van der Waals surface area contributed by atoms with Crippen LogP contribution >= 0.6 is 0 Å². The number of aromatic amines is 2. The van der Waals surface area contributed by atoms with Crippen molar-refractivity contribution in [3.63, 3.8) is 0 Å². The number of carboxylic acid groups (broad SMARTS) is 1. The van der Waals surface area contributed by atoms with Gasteiger partial charge in [0, 0.05) is 0 Å². The van der Waals surface area contributed by atoms with Gasteiger partial charge in [0.05, 0.1) is 18.9 Å². The lowest BCUT2D eigenvalue weighted by atomic mass is 10.1. The molecule has 1 aromatic rings. The Bertz CT molecular complexity index is 341. The summed E-state index contributed by atoms with van der Waals surface area (Å²) in [6, 6.07) is -0.531. The van der Waals surface area contributed by atoms with Crippen molar-refractivity contribution < 1.29 is 37.8 Å². The van der Waals surface area contributed by atoms with Gasteiger partial charge in [-0.25, -0.2) is 4.98 Å². The van der Waals surface area contributed by atoms with Crippen LogP contribution in [-0.4, -0.2) is 29.4 Å². The van der Waals surface area contributed by atoms with E-state index in [9.17, 15) is 14.7 Å². The summed E-state index contributed by atoms with van der Waals surface area (Å²) in [7, 11) is 0. The first-order valence-electron chi connectivity index (χ1n) is 4.43. The fourth-order valence-electron chi connectivity index (χ4n) is 1.10. The molecule has 0 aliphatic carbocycles. The van der Waals surface area contributed by atoms with Gasteiger partial charge in [0.25, 0.3) is 5.91 Å². The van der Waals surface area contributed by atoms with Gasteiger partial charge >= 0.3 is 0 Å². The highest BCUT2D eigenvalue weighted by Gasteiger charge is 2.19. The molecular weight excluding hydrogens is 236 g/mol. The maximum absolute atomic E-state index is 11.3. The van der Waals surface area contributed by atoms with Crippen LogP contribution in [0.1, 0.15) is 5.69 Å². The second-order valence-electron chi connectivity index (χ2n) is 3.12. The average molecular weight is 249 g/mol. The Labute approximate surface area is 97.8 Å². The standard InChI is InChI=1S/C8H12N4O3.ClH/c9-6(1-5-2-10-4-12-5)8(15)11-3-7(13)14;/h2,4,6H,1,3,9H2,(H,10,12)(H,11,15)(H,13,14);1H/t6-;/m0./s1. The number of quaternary nitrogens is 1. The monoisotopic (exact) mass is 248 g/mol. The largest absolute Gasteiger partial charge is 1.00 e. The van der Waals surface area contributed by atoms with E-state index in [0.29, 0.717) is 6.42 Å². The Kier molecular flexibility index (Phi) is 6.12. The summed E-state index contributed by atoms with van der Waals surface area (Å²) in [6.45, 7) is -0.484. The highest BCUT2D eigenvalue weighted by Crippen LogP contribution is 1.92. The molecule has 1 rings (SSSR count). The molecule has 6 N–H and O–H groups in total. The van der Waals surface area contributed by atoms with E-state index in [1.54, 1.807) is 12.5 Å². The zero-order valence-corrected chi connectivity index (χ0v) is 9.21. The molecule has 16 heavy (non-hydrogen) atoms. The van der Waals surface area contributed by atoms with Crippen molar-refractivity contribution in [2.45, 2.75) is 12.5 Å². The van der Waals surface area contributed by atoms with Crippen molar-refractivity contribution in [3.05, 3.63) is 18.2 Å². The summed E-state index contributed by atoms with van der Waals surface area (Å²) in [5.74, 6) is -1.72. The number of rotatable bonds is 5. The Morgan fingerprint density at radius 1 is 1.62 bits per heavy atom. The second kappa shape index (κ2) is 6.81. The summed E-state index contributed by atoms with van der Waals surface area (Å²) >= 11 is 0. The van der Waals surface area contributed by atoms with E-state index >= 15 is 0 Å². The van der Waals surface area contributed by atoms with E-state index in [2.05, 4.69) is 21.0 Å². The normalized spacial score (nSPS) is 11.3. The van der Waals surface area contributed by atoms with Crippen molar-refractivity contribution in [2.24, 2.45) is 0 Å². The number of imidazole rings is 1. The number of aliphatic carboxylic acids is 1. The van der Waals surface area contributed by atoms with Crippen LogP contribution in [0.4, 0.5) is 0 Å². The van der Waals surface area contributed by atoms with Gasteiger partial charge in [-0.2, -0.15) is 0 Å². The van der Waals surface area contributed by atoms with Crippen LogP contribution in [0.2, 0.25) is 0 Å². The van der Waals surface area contributed by atoms with E-state index in [-0.39, 0.29) is 12.4 Å². The summed E-state index contributed by atoms with van der Waals surface area (Å²) in [4.78, 5) is 27.1. The van der Waals surface area contributed by atoms with Gasteiger partial charge in [0.2, 0.25) is 6.33 Å². The SMILES string of the molecule is [Cl-].[NH3+][C@@H](Cc1c[nH+]c[nH]1)C(=O)NCC(=O)[O-]. The Hall–Kier alpha value is -1.60. The van der Waals surface area contributed by atoms with Crippen molar-refractivity contribution in [3.8, 4) is 0 Å². The van der Waals surface area contributed by atoms with Crippen LogP contribution in [0.15, 0.2) is 12.5 Å². The number of aromatic nitrogens is 2. The third-order valence-corrected chi connectivity index (χ3v) is 1.84. The maximum Gasteiger partial charge on any atom is 0.278 e. The van der Waals surface area contributed by atoms with Crippen LogP contribution in [-0.2, 0) is 16.0 Å². The molecule has 90 valence electrons. The molecule has 0 fully saturated rings. The van der Waals surface area contributed by atoms with E-state index in [0.717, 1.165) is 5.69 Å². The number of hydrogen-bond acceptors (Lipinski definition) is 3. The number of hydrogen-bond donors (Lipinski definition) is 3. The highest BCUT2D eigenvalue weighted by molar-refractivity contribution is 5.83. The molecule has 0 aliphatic heterocycles. The summed E-state index contributed by atoms with van der Waals surface area (Å²) < 4.78 is 0. The van der Waals surface area contributed by atoms with E-state index in [1.807, 2.05) is 0 Å². The molecule has 0 aliphatic rings. The van der Waals surface area contributed by atoms with Crippen LogP contribution < -0.4 is 33.5 Å². The van der Waals surface area contributed by atoms with Crippen LogP contribution in [0.3, 0.4) is 0 Å². The zero-order chi connectivity index (χ0) is 11.3. The second-order valence-corrected chi connectivity index (χ2v) is 3.12. The molecular formula is C8H13ClN4O3. The average Bonchev–Trinajstić information content (AvgIpc) is 2.66. The lowest BCUT2D eigenvalue weighted by Gasteiger charge is -2.07. The number of halogens is 1. The fraction of sp³-hybridized carbons (Fsp3) is 0.375. The van der Waals surface area contributed by atoms with Gasteiger partial charge in [-0.3, -0.25) is 9.78 Å². The van der Waals surface area contributed by atoms with Gasteiger partial charge in [0.1, 0.15) is 11.9 Å². The van der Waals surface area contributed by atoms with Gasteiger partial charge in [-0.15, -0.1) is 0 Å². The maximum atomic E-state index is 11.3. The molecule has 1 heterocycles. The number of carboxylic acids is 1. The minimum Gasteiger partial charge on any atom is -1.00 e. The van der Waals surface area contributed by atoms with Gasteiger partial charge in [-0.1, -0.05) is 0 Å². The Morgan fingerprint density at radius 2 is 2.31 bits per heavy atom. The molecule has 1 amide bonds. The van der Waals surface area contributed by atoms with Gasteiger partial charge in [0.15, 0.2) is 6.04 Å². The van der Waals surface area contributed by atoms with Crippen molar-refractivity contribution in [1.82, 2.24) is 10.3 Å². The van der Waals surface area contributed by atoms with E-state index < -0.39 is 24.5 Å². The zero-order valence-electron chi connectivity index (χ0n) is 8.46. The molecule has 1 aromatic heterocycles. The number of carbonyl (C=O) groups excluding carboxylic acids is 2. The molecule has 0 spiro atoms. The Morgan fingerprint density at radius 3 is 2.81 bits per heavy atom. The number of carbonyl (C=O) groups is 2. The molecule has 0 saturated heterocycles. The fourth-order valence-corrected chi connectivity index (χ4v) is 1.10. The quantitative estimate of drug-likeness (QED) is 0.479. The minimum atomic E-state index is -1.32. The summed E-state index contributed by atoms with van der Waals surface area (Å²) in [5, 5.41) is 12.3. The van der Waals surface area contributed by atoms with Crippen molar-refractivity contribution in [1.29, 1.82) is 0 Å². The minimum absolute atomic E-state index is 0. The van der Waals surface area contributed by atoms with E-state index in [4.69, 9.17) is 0 Å². The molecule has 0 aromatic carbocycles. The third-order valence-electron chi connectivity index (χ3n) is 1.84. The molecule has 0 bridgehead atoms. The lowest BCUT2D eigenvalue weighted by Crippen LogP contribution is -3.00. The molecule has 0 unspecified atom stereocenters. The van der Waals surface area contributed by atoms with Crippen LogP contribution in [0.5, 0.6) is 0 Å². The molecule has 7 nitrogen and oxygen atoms in total. The highest BCUT2D eigenvalue weighted by atomic mass is 35.5. The first kappa shape index (κ1) is 14.4. The lowest BCUT2D eigenvalue weighted by molar-refractivity contribution is -0.404. The topological polar surface area (TPSA) is 127 Å². The first-order chi connectivity index (χ1) is 7.09. The molecule has 0 saturated carbocycles. The first-order valence-corrected chi connectivity index (χ1v) is 4.43. The van der Waals surface area contributed by atoms with Crippen molar-refractivity contribution in [2.75, 3.05) is 6.54 Å². The van der Waals surface area contributed by atoms with Crippen LogP contribution in [0, 0.1) is 0 Å². The van der Waals surface area contributed by atoms with Crippen LogP contribution in [0.25, 0.3) is 0 Å². The number of nitrogens with one attached hydrogen (secondary N) is 3. The predicted octanol–water partition coefficient (Wildman–Crippen LogP) is -7.15. The Balaban J connectivity index is 0.00000225. The van der Waals surface area contributed by atoms with Crippen molar-refractivity contribution >= 4 is 11.9 Å². The summed E-state index contributed by atoms with van der Waals surface area (Å²) in [5.41, 5.74) is 4.46. The summed E-state index contributed by atoms with van der Waals surface area (Å²) in [6.07, 6.45) is 3.76. The predicted molar refractivity (Wildman–Crippen MR) is 45.7 cm³/mol. The smallest absolute Gasteiger partial charge is 0.278 e. The van der Waals surface area contributed by atoms with E-state index in [1.165, 1.54) is 0 Å². The molecule has 1 atom stereocenters. The third kappa shape index (κ3) is 4.76. The molecule has 0 radical (unpaired) electrons. The van der Waals surface area contributed by atoms with Gasteiger partial charge < -0.3 is 33.4 Å². The molecule has 8 heteroatoms. The van der Waals surface area contributed by atoms with Gasteiger partial charge in [-0.05, 0) is 0 Å². The number of H-pyrrole nitrogens is 2. The number of amides is 1.